The molecule has 0 bridgehead atoms. The van der Waals surface area contributed by atoms with Gasteiger partial charge in [0.15, 0.2) is 0 Å². The summed E-state index contributed by atoms with van der Waals surface area (Å²) in [6.07, 6.45) is 0. The molecular weight excluding hydrogens is 377 g/mol. The highest BCUT2D eigenvalue weighted by molar-refractivity contribution is 8.95. The molecule has 138 valence electrons. The van der Waals surface area contributed by atoms with Crippen LogP contribution in [0, 0.1) is 10.7 Å². The second-order valence-corrected chi connectivity index (χ2v) is 15.8. The van der Waals surface area contributed by atoms with E-state index < -0.39 is 7.91 Å². The molecule has 0 amide bonds. The van der Waals surface area contributed by atoms with E-state index in [4.69, 9.17) is 0 Å². The van der Waals surface area contributed by atoms with Crippen molar-refractivity contribution < 1.29 is 0 Å². The van der Waals surface area contributed by atoms with E-state index in [2.05, 4.69) is 62.4 Å². The maximum Gasteiger partial charge on any atom is 0.117 e. The molecule has 0 aliphatic heterocycles. The zero-order valence-electron chi connectivity index (χ0n) is 15.5. The highest BCUT2D eigenvalue weighted by Gasteiger charge is 2.63. The molecule has 0 spiro atoms. The number of hydrogen-bond donors (Lipinski definition) is 0. The Hall–Kier alpha value is -2.85. The maximum absolute atomic E-state index is 11.3. The van der Waals surface area contributed by atoms with Crippen LogP contribution in [0.3, 0.4) is 0 Å². The lowest BCUT2D eigenvalue weighted by molar-refractivity contribution is 1.20. The highest BCUT2D eigenvalue weighted by Crippen LogP contribution is 3.10. The molecule has 4 aromatic rings. The van der Waals surface area contributed by atoms with Gasteiger partial charge in [-0.25, -0.2) is 0 Å². The monoisotopic (exact) mass is 399 g/mol. The van der Waals surface area contributed by atoms with Gasteiger partial charge in [-0.3, -0.25) is 0 Å². The number of benzene rings is 4. The van der Waals surface area contributed by atoms with Gasteiger partial charge < -0.3 is 0 Å². The molecule has 4 aromatic carbocycles. The van der Waals surface area contributed by atoms with Crippen molar-refractivity contribution in [2.45, 2.75) is 19.6 Å². The van der Waals surface area contributed by atoms with Crippen LogP contribution in [0.4, 0.5) is 0 Å². The van der Waals surface area contributed by atoms with E-state index in [9.17, 15) is 5.26 Å². The molecule has 4 rings (SSSR count). The van der Waals surface area contributed by atoms with Gasteiger partial charge >= 0.3 is 0 Å². The summed E-state index contributed by atoms with van der Waals surface area (Å²) in [5.41, 5.74) is 0. The third-order valence-electron chi connectivity index (χ3n) is 5.64. The number of rotatable bonds is 4. The molecule has 0 aromatic heterocycles. The summed E-state index contributed by atoms with van der Waals surface area (Å²) in [4.78, 5) is 3.99. The Balaban J connectivity index is 2.40. The van der Waals surface area contributed by atoms with Gasteiger partial charge in [-0.05, 0) is 48.5 Å². The molecule has 0 aliphatic rings. The Morgan fingerprint density at radius 1 is 0.464 bits per heavy atom. The number of thiocyanates is 1. The molecule has 0 saturated carbocycles. The molecule has 1 atom stereocenters. The predicted molar refractivity (Wildman–Crippen MR) is 122 cm³/mol. The summed E-state index contributed by atoms with van der Waals surface area (Å²) in [5.74, 6) is 0. The third-order valence-corrected chi connectivity index (χ3v) is 15.6. The van der Waals surface area contributed by atoms with Crippen LogP contribution in [0.5, 0.6) is 0 Å². The Bertz CT molecular complexity index is 977. The van der Waals surface area contributed by atoms with Crippen LogP contribution in [0.2, 0.25) is 0 Å². The lowest BCUT2D eigenvalue weighted by atomic mass is 10.3. The SMILES string of the molecule is N#CS(P)(c1ccccc1)(c1ccccc1)(c1ccccc1)c1ccccc1. The van der Waals surface area contributed by atoms with Gasteiger partial charge in [-0.2, -0.15) is 5.26 Å². The minimum atomic E-state index is -4.10. The minimum absolute atomic E-state index is 0.999. The highest BCUT2D eigenvalue weighted by atomic mass is 32.8. The summed E-state index contributed by atoms with van der Waals surface area (Å²) in [6.45, 7) is 0. The van der Waals surface area contributed by atoms with Gasteiger partial charge in [0.2, 0.25) is 0 Å². The Morgan fingerprint density at radius 3 is 0.857 bits per heavy atom. The molecule has 28 heavy (non-hydrogen) atoms. The van der Waals surface area contributed by atoms with E-state index in [1.165, 1.54) is 0 Å². The van der Waals surface area contributed by atoms with Gasteiger partial charge in [0.1, 0.15) is 5.40 Å². The fourth-order valence-electron chi connectivity index (χ4n) is 4.11. The van der Waals surface area contributed by atoms with Gasteiger partial charge in [0, 0.05) is 19.6 Å². The normalized spacial score (nSPS) is 13.7. The van der Waals surface area contributed by atoms with E-state index in [0.29, 0.717) is 0 Å². The summed E-state index contributed by atoms with van der Waals surface area (Å²) in [5, 5.41) is 14.2. The van der Waals surface area contributed by atoms with Crippen LogP contribution >= 0.6 is 16.4 Å². The molecule has 0 fully saturated rings. The molecule has 1 nitrogen and oxygen atoms in total. The maximum atomic E-state index is 11.3. The van der Waals surface area contributed by atoms with Gasteiger partial charge in [-0.1, -0.05) is 81.2 Å². The Labute approximate surface area is 167 Å². The first-order valence-electron chi connectivity index (χ1n) is 9.12. The van der Waals surface area contributed by atoms with Crippen LogP contribution in [-0.2, 0) is 0 Å². The standard InChI is InChI=1S/C25H22NPS/c26-21-28(27,22-13-5-1-6-14-22,23-15-7-2-8-16-23,24-17-9-3-10-18-24)25-19-11-4-12-20-25/h1-20H,27H2. The molecular formula is C25H22NPS. The molecule has 0 N–H and O–H groups in total. The zero-order chi connectivity index (χ0) is 19.6. The Kier molecular flexibility index (Phi) is 4.20. The molecule has 0 radical (unpaired) electrons. The average molecular weight is 399 g/mol. The second-order valence-electron chi connectivity index (χ2n) is 6.95. The van der Waals surface area contributed by atoms with Crippen LogP contribution in [0.25, 0.3) is 0 Å². The summed E-state index contributed by atoms with van der Waals surface area (Å²) < 4.78 is 0. The first-order valence-corrected chi connectivity index (χ1v) is 13.0. The van der Waals surface area contributed by atoms with Crippen molar-refractivity contribution in [3.8, 4) is 5.40 Å². The molecule has 0 aliphatic carbocycles. The predicted octanol–water partition coefficient (Wildman–Crippen LogP) is 7.37. The minimum Gasteiger partial charge on any atom is -0.187 e. The van der Waals surface area contributed by atoms with Crippen molar-refractivity contribution in [2.24, 2.45) is 0 Å². The quantitative estimate of drug-likeness (QED) is 0.260. The summed E-state index contributed by atoms with van der Waals surface area (Å²) in [7, 11) is -0.974. The topological polar surface area (TPSA) is 23.8 Å². The number of hydrogen-bond acceptors (Lipinski definition) is 1. The third kappa shape index (κ3) is 2.07. The van der Waals surface area contributed by atoms with Gasteiger partial charge in [0.05, 0.1) is 0 Å². The fraction of sp³-hybridized carbons (Fsp3) is 0. The molecule has 0 heterocycles. The van der Waals surface area contributed by atoms with Gasteiger partial charge in [-0.15, -0.1) is 7.91 Å². The van der Waals surface area contributed by atoms with Crippen molar-refractivity contribution in [2.75, 3.05) is 0 Å². The fourth-order valence-corrected chi connectivity index (χ4v) is 11.5. The van der Waals surface area contributed by atoms with Crippen molar-refractivity contribution in [1.29, 1.82) is 5.26 Å². The Morgan fingerprint density at radius 2 is 0.679 bits per heavy atom. The van der Waals surface area contributed by atoms with Crippen molar-refractivity contribution in [3.63, 3.8) is 0 Å². The second kappa shape index (κ2) is 6.35. The average Bonchev–Trinajstić information content (AvgIpc) is 2.81. The first-order chi connectivity index (χ1) is 13.6. The van der Waals surface area contributed by atoms with Crippen LogP contribution in [0.1, 0.15) is 0 Å². The van der Waals surface area contributed by atoms with E-state index in [1.54, 1.807) is 0 Å². The first kappa shape index (κ1) is 18.5. The largest absolute Gasteiger partial charge is 0.187 e. The van der Waals surface area contributed by atoms with E-state index in [0.717, 1.165) is 19.6 Å². The molecule has 3 heteroatoms. The van der Waals surface area contributed by atoms with E-state index in [1.807, 2.05) is 72.8 Å². The summed E-state index contributed by atoms with van der Waals surface area (Å²) in [6, 6.07) is 40.9. The van der Waals surface area contributed by atoms with Crippen LogP contribution in [-0.4, -0.2) is 0 Å². The summed E-state index contributed by atoms with van der Waals surface area (Å²) >= 11 is 0. The smallest absolute Gasteiger partial charge is 0.117 e. The van der Waals surface area contributed by atoms with Crippen molar-refractivity contribution in [3.05, 3.63) is 121 Å². The number of nitriles is 1. The van der Waals surface area contributed by atoms with Crippen molar-refractivity contribution in [1.82, 2.24) is 0 Å². The van der Waals surface area contributed by atoms with E-state index in [-0.39, 0.29) is 0 Å². The molecule has 1 unspecified atom stereocenters. The zero-order valence-corrected chi connectivity index (χ0v) is 17.5. The number of nitrogens with zero attached hydrogens (tertiary/aromatic N) is 1. The van der Waals surface area contributed by atoms with E-state index >= 15 is 0 Å². The lowest BCUT2D eigenvalue weighted by Crippen LogP contribution is -2.29. The molecule has 0 saturated heterocycles. The lowest BCUT2D eigenvalue weighted by Gasteiger charge is -2.71. The van der Waals surface area contributed by atoms with Crippen LogP contribution in [0.15, 0.2) is 141 Å². The van der Waals surface area contributed by atoms with Crippen molar-refractivity contribution >= 4 is 16.4 Å². The van der Waals surface area contributed by atoms with Gasteiger partial charge in [0.25, 0.3) is 0 Å². The van der Waals surface area contributed by atoms with Crippen LogP contribution < -0.4 is 0 Å².